The van der Waals surface area contributed by atoms with Crippen molar-refractivity contribution in [1.82, 2.24) is 10.2 Å². The van der Waals surface area contributed by atoms with E-state index in [1.807, 2.05) is 44.2 Å². The lowest BCUT2D eigenvalue weighted by atomic mass is 10.0. The summed E-state index contributed by atoms with van der Waals surface area (Å²) in [6, 6.07) is 17.8. The summed E-state index contributed by atoms with van der Waals surface area (Å²) in [7, 11) is -1.15. The van der Waals surface area contributed by atoms with E-state index in [-0.39, 0.29) is 41.4 Å². The monoisotopic (exact) mass is 649 g/mol. The molecule has 0 aliphatic heterocycles. The van der Waals surface area contributed by atoms with Crippen molar-refractivity contribution in [2.45, 2.75) is 45.3 Å². The average molecular weight is 651 g/mol. The first kappa shape index (κ1) is 34.0. The van der Waals surface area contributed by atoms with Crippen LogP contribution in [0.4, 0.5) is 5.69 Å². The maximum Gasteiger partial charge on any atom is 0.244 e. The van der Waals surface area contributed by atoms with Crippen LogP contribution in [0.25, 0.3) is 0 Å². The predicted molar refractivity (Wildman–Crippen MR) is 171 cm³/mol. The lowest BCUT2D eigenvalue weighted by Gasteiger charge is -2.34. The first-order chi connectivity index (χ1) is 20.4. The van der Waals surface area contributed by atoms with Crippen molar-refractivity contribution in [3.8, 4) is 11.5 Å². The van der Waals surface area contributed by atoms with Crippen LogP contribution in [0.1, 0.15) is 31.4 Å². The number of carbonyl (C=O) groups is 2. The molecular formula is C31H37Cl2N3O6S. The van der Waals surface area contributed by atoms with E-state index >= 15 is 0 Å². The molecule has 2 amide bonds. The molecule has 0 aliphatic carbocycles. The largest absolute Gasteiger partial charge is 0.497 e. The molecule has 43 heavy (non-hydrogen) atoms. The maximum atomic E-state index is 14.3. The van der Waals surface area contributed by atoms with E-state index in [1.54, 1.807) is 30.3 Å². The van der Waals surface area contributed by atoms with Gasteiger partial charge >= 0.3 is 0 Å². The van der Waals surface area contributed by atoms with Crippen LogP contribution in [-0.4, -0.2) is 64.2 Å². The van der Waals surface area contributed by atoms with Gasteiger partial charge in [0.05, 0.1) is 36.2 Å². The van der Waals surface area contributed by atoms with E-state index in [4.69, 9.17) is 32.7 Å². The molecule has 0 saturated heterocycles. The van der Waals surface area contributed by atoms with Crippen molar-refractivity contribution in [2.24, 2.45) is 0 Å². The molecule has 3 aromatic carbocycles. The highest BCUT2D eigenvalue weighted by Crippen LogP contribution is 2.34. The third kappa shape index (κ3) is 9.26. The van der Waals surface area contributed by atoms with Crippen molar-refractivity contribution in [2.75, 3.05) is 31.3 Å². The minimum absolute atomic E-state index is 0.0337. The van der Waals surface area contributed by atoms with E-state index in [1.165, 1.54) is 25.2 Å². The molecule has 3 rings (SSSR count). The number of carbonyl (C=O) groups excluding carboxylic acids is 2. The summed E-state index contributed by atoms with van der Waals surface area (Å²) >= 11 is 12.4. The van der Waals surface area contributed by atoms with Crippen LogP contribution in [0.2, 0.25) is 10.0 Å². The Kier molecular flexibility index (Phi) is 12.1. The van der Waals surface area contributed by atoms with Gasteiger partial charge in [0.1, 0.15) is 24.1 Å². The molecule has 0 saturated carbocycles. The Morgan fingerprint density at radius 2 is 1.63 bits per heavy atom. The number of amides is 2. The average Bonchev–Trinajstić information content (AvgIpc) is 2.98. The SMILES string of the molecule is CC[C@@H](C)NC(=O)[C@H](Cc1ccccc1)N(Cc1ccc(Cl)c(Cl)c1)C(=O)CN(c1cc(OC)ccc1OC)S(C)(=O)=O. The lowest BCUT2D eigenvalue weighted by Crippen LogP contribution is -2.54. The van der Waals surface area contributed by atoms with Gasteiger partial charge in [-0.25, -0.2) is 8.42 Å². The number of benzene rings is 3. The van der Waals surface area contributed by atoms with Crippen molar-refractivity contribution in [3.63, 3.8) is 0 Å². The highest BCUT2D eigenvalue weighted by Gasteiger charge is 2.34. The Balaban J connectivity index is 2.13. The summed E-state index contributed by atoms with van der Waals surface area (Å²) < 4.78 is 37.9. The molecule has 0 heterocycles. The van der Waals surface area contributed by atoms with E-state index in [2.05, 4.69) is 5.32 Å². The van der Waals surface area contributed by atoms with Crippen molar-refractivity contribution in [3.05, 3.63) is 87.9 Å². The van der Waals surface area contributed by atoms with Crippen molar-refractivity contribution < 1.29 is 27.5 Å². The minimum Gasteiger partial charge on any atom is -0.497 e. The van der Waals surface area contributed by atoms with Crippen LogP contribution in [0.3, 0.4) is 0 Å². The van der Waals surface area contributed by atoms with Gasteiger partial charge in [-0.3, -0.25) is 13.9 Å². The number of ether oxygens (including phenoxy) is 2. The van der Waals surface area contributed by atoms with Gasteiger partial charge in [0.2, 0.25) is 21.8 Å². The first-order valence-electron chi connectivity index (χ1n) is 13.6. The predicted octanol–water partition coefficient (Wildman–Crippen LogP) is 5.33. The summed E-state index contributed by atoms with van der Waals surface area (Å²) in [5, 5.41) is 3.62. The second kappa shape index (κ2) is 15.3. The lowest BCUT2D eigenvalue weighted by molar-refractivity contribution is -0.140. The van der Waals surface area contributed by atoms with Gasteiger partial charge in [0.15, 0.2) is 0 Å². The van der Waals surface area contributed by atoms with Gasteiger partial charge in [-0.15, -0.1) is 0 Å². The molecule has 232 valence electrons. The van der Waals surface area contributed by atoms with Crippen LogP contribution < -0.4 is 19.1 Å². The Bertz CT molecular complexity index is 1520. The number of rotatable bonds is 14. The molecule has 2 atom stereocenters. The van der Waals surface area contributed by atoms with Gasteiger partial charge in [0.25, 0.3) is 0 Å². The maximum absolute atomic E-state index is 14.3. The van der Waals surface area contributed by atoms with E-state index in [9.17, 15) is 18.0 Å². The molecule has 9 nitrogen and oxygen atoms in total. The van der Waals surface area contributed by atoms with Crippen LogP contribution in [-0.2, 0) is 32.6 Å². The topological polar surface area (TPSA) is 105 Å². The van der Waals surface area contributed by atoms with E-state index in [0.717, 1.165) is 16.1 Å². The number of hydrogen-bond donors (Lipinski definition) is 1. The third-order valence-corrected chi connectivity index (χ3v) is 8.81. The van der Waals surface area contributed by atoms with Crippen molar-refractivity contribution in [1.29, 1.82) is 0 Å². The van der Waals surface area contributed by atoms with Gasteiger partial charge in [-0.1, -0.05) is 66.5 Å². The Hall–Kier alpha value is -3.47. The summed E-state index contributed by atoms with van der Waals surface area (Å²) in [6.45, 7) is 3.18. The van der Waals surface area contributed by atoms with Gasteiger partial charge in [-0.2, -0.15) is 0 Å². The molecule has 0 aromatic heterocycles. The fourth-order valence-electron chi connectivity index (χ4n) is 4.42. The van der Waals surface area contributed by atoms with E-state index in [0.29, 0.717) is 22.8 Å². The highest BCUT2D eigenvalue weighted by atomic mass is 35.5. The molecular weight excluding hydrogens is 613 g/mol. The zero-order valence-electron chi connectivity index (χ0n) is 24.8. The molecule has 3 aromatic rings. The first-order valence-corrected chi connectivity index (χ1v) is 16.3. The molecule has 1 N–H and O–H groups in total. The minimum atomic E-state index is -4.01. The smallest absolute Gasteiger partial charge is 0.244 e. The fourth-order valence-corrected chi connectivity index (χ4v) is 5.58. The molecule has 0 fully saturated rings. The quantitative estimate of drug-likeness (QED) is 0.253. The zero-order chi connectivity index (χ0) is 31.7. The van der Waals surface area contributed by atoms with Crippen molar-refractivity contribution >= 4 is 50.7 Å². The molecule has 0 bridgehead atoms. The second-order valence-electron chi connectivity index (χ2n) is 10.1. The Morgan fingerprint density at radius 3 is 2.21 bits per heavy atom. The fraction of sp³-hybridized carbons (Fsp3) is 0.355. The van der Waals surface area contributed by atoms with Crippen LogP contribution in [0, 0.1) is 0 Å². The molecule has 0 unspecified atom stereocenters. The number of hydrogen-bond acceptors (Lipinski definition) is 6. The summed E-state index contributed by atoms with van der Waals surface area (Å²) in [6.07, 6.45) is 1.87. The number of nitrogens with zero attached hydrogens (tertiary/aromatic N) is 2. The Labute approximate surface area is 263 Å². The number of halogens is 2. The third-order valence-electron chi connectivity index (χ3n) is 6.94. The van der Waals surface area contributed by atoms with E-state index < -0.39 is 28.5 Å². The summed E-state index contributed by atoms with van der Waals surface area (Å²) in [5.41, 5.74) is 1.56. The van der Waals surface area contributed by atoms with Crippen LogP contribution >= 0.6 is 23.2 Å². The standard InChI is InChI=1S/C31H37Cl2N3O6S/c1-6-21(2)34-31(38)28(17-22-10-8-7-9-11-22)35(19-23-12-14-25(32)26(33)16-23)30(37)20-36(43(5,39)40)27-18-24(41-3)13-15-29(27)42-4/h7-16,18,21,28H,6,17,19-20H2,1-5H3,(H,34,38)/t21-,28+/m1/s1. The number of sulfonamides is 1. The highest BCUT2D eigenvalue weighted by molar-refractivity contribution is 7.92. The number of anilines is 1. The summed E-state index contributed by atoms with van der Waals surface area (Å²) in [4.78, 5) is 29.5. The van der Waals surface area contributed by atoms with Gasteiger partial charge in [-0.05, 0) is 48.7 Å². The second-order valence-corrected chi connectivity index (χ2v) is 12.8. The molecule has 0 radical (unpaired) electrons. The number of methoxy groups -OCH3 is 2. The van der Waals surface area contributed by atoms with Crippen LogP contribution in [0.15, 0.2) is 66.7 Å². The van der Waals surface area contributed by atoms with Gasteiger partial charge in [0, 0.05) is 25.1 Å². The number of nitrogens with one attached hydrogen (secondary N) is 1. The zero-order valence-corrected chi connectivity index (χ0v) is 27.2. The Morgan fingerprint density at radius 1 is 0.930 bits per heavy atom. The van der Waals surface area contributed by atoms with Crippen LogP contribution in [0.5, 0.6) is 11.5 Å². The molecule has 12 heteroatoms. The molecule has 0 spiro atoms. The summed E-state index contributed by atoms with van der Waals surface area (Å²) in [5.74, 6) is -0.372. The normalized spacial score (nSPS) is 12.6. The van der Waals surface area contributed by atoms with Gasteiger partial charge < -0.3 is 19.7 Å². The molecule has 0 aliphatic rings.